The van der Waals surface area contributed by atoms with Gasteiger partial charge in [0, 0.05) is 7.05 Å². The van der Waals surface area contributed by atoms with E-state index in [1.807, 2.05) is 0 Å². The molecule has 0 aliphatic carbocycles. The number of nitrogens with zero attached hydrogens (tertiary/aromatic N) is 3. The quantitative estimate of drug-likeness (QED) is 0.661. The van der Waals surface area contributed by atoms with E-state index in [4.69, 9.17) is 0 Å². The van der Waals surface area contributed by atoms with Gasteiger partial charge in [-0.3, -0.25) is 14.2 Å². The minimum atomic E-state index is -0.548. The molecule has 1 aromatic carbocycles. The van der Waals surface area contributed by atoms with Gasteiger partial charge in [-0.15, -0.1) is 0 Å². The van der Waals surface area contributed by atoms with Crippen molar-refractivity contribution in [1.82, 2.24) is 19.1 Å². The van der Waals surface area contributed by atoms with E-state index in [0.29, 0.717) is 5.69 Å². The first kappa shape index (κ1) is 12.1. The summed E-state index contributed by atoms with van der Waals surface area (Å²) in [6, 6.07) is 8.73. The van der Waals surface area contributed by atoms with E-state index in [0.717, 1.165) is 10.8 Å². The smallest absolute Gasteiger partial charge is 0.305 e. The van der Waals surface area contributed by atoms with Crippen LogP contribution in [0.3, 0.4) is 0 Å². The Morgan fingerprint density at radius 2 is 1.80 bits per heavy atom. The lowest BCUT2D eigenvalue weighted by molar-refractivity contribution is 0.743. The number of aromatic nitrogens is 4. The third kappa shape index (κ3) is 1.68. The molecule has 20 heavy (non-hydrogen) atoms. The molecule has 0 saturated carbocycles. The highest BCUT2D eigenvalue weighted by Gasteiger charge is 2.13. The zero-order valence-electron chi connectivity index (χ0n) is 10.5. The van der Waals surface area contributed by atoms with Crippen molar-refractivity contribution in [3.05, 3.63) is 67.7 Å². The first-order chi connectivity index (χ1) is 9.59. The van der Waals surface area contributed by atoms with Crippen LogP contribution in [-0.2, 0) is 7.05 Å². The molecule has 0 unspecified atom stereocenters. The number of rotatable bonds is 1. The van der Waals surface area contributed by atoms with Crippen molar-refractivity contribution in [3.63, 3.8) is 0 Å². The fourth-order valence-corrected chi connectivity index (χ4v) is 2.02. The Labute approximate surface area is 111 Å². The average molecular weight is 270 g/mol. The monoisotopic (exact) mass is 270 g/mol. The van der Waals surface area contributed by atoms with Crippen molar-refractivity contribution < 1.29 is 0 Å². The van der Waals surface area contributed by atoms with E-state index in [2.05, 4.69) is 9.97 Å². The van der Waals surface area contributed by atoms with Crippen LogP contribution >= 0.6 is 0 Å². The zero-order valence-corrected chi connectivity index (χ0v) is 10.5. The lowest BCUT2D eigenvalue weighted by Gasteiger charge is -2.10. The zero-order chi connectivity index (χ0) is 14.3. The summed E-state index contributed by atoms with van der Waals surface area (Å²) >= 11 is 0. The van der Waals surface area contributed by atoms with E-state index >= 15 is 0 Å². The van der Waals surface area contributed by atoms with Crippen molar-refractivity contribution in [3.8, 4) is 5.69 Å². The summed E-state index contributed by atoms with van der Waals surface area (Å²) in [5, 5.41) is 0. The van der Waals surface area contributed by atoms with Crippen LogP contribution in [0, 0.1) is 0 Å². The molecule has 3 rings (SSSR count). The molecule has 7 heteroatoms. The Morgan fingerprint density at radius 3 is 2.50 bits per heavy atom. The SMILES string of the molecule is Cn1c(=O)c2ncc(=O)[nH]c2n(-c2ccccc2)c1=O. The van der Waals surface area contributed by atoms with E-state index in [-0.39, 0.29) is 11.2 Å². The second-order valence-corrected chi connectivity index (χ2v) is 4.26. The summed E-state index contributed by atoms with van der Waals surface area (Å²) in [4.78, 5) is 42.1. The molecule has 1 N–H and O–H groups in total. The maximum absolute atomic E-state index is 12.3. The summed E-state index contributed by atoms with van der Waals surface area (Å²) < 4.78 is 2.21. The third-order valence-corrected chi connectivity index (χ3v) is 3.00. The van der Waals surface area contributed by atoms with Gasteiger partial charge in [0.05, 0.1) is 11.9 Å². The van der Waals surface area contributed by atoms with Gasteiger partial charge in [-0.25, -0.2) is 14.3 Å². The first-order valence-electron chi connectivity index (χ1n) is 5.86. The van der Waals surface area contributed by atoms with Gasteiger partial charge in [-0.05, 0) is 12.1 Å². The Bertz CT molecular complexity index is 967. The molecule has 2 heterocycles. The fraction of sp³-hybridized carbons (Fsp3) is 0.0769. The van der Waals surface area contributed by atoms with Gasteiger partial charge in [0.25, 0.3) is 11.1 Å². The topological polar surface area (TPSA) is 89.8 Å². The van der Waals surface area contributed by atoms with Gasteiger partial charge < -0.3 is 4.98 Å². The first-order valence-corrected chi connectivity index (χ1v) is 5.86. The highest BCUT2D eigenvalue weighted by molar-refractivity contribution is 5.70. The van der Waals surface area contributed by atoms with Crippen LogP contribution in [0.25, 0.3) is 16.9 Å². The molecule has 3 aromatic rings. The number of para-hydroxylation sites is 1. The second-order valence-electron chi connectivity index (χ2n) is 4.26. The summed E-state index contributed by atoms with van der Waals surface area (Å²) in [6.07, 6.45) is 1.02. The molecule has 0 aliphatic rings. The molecule has 100 valence electrons. The van der Waals surface area contributed by atoms with E-state index in [9.17, 15) is 14.4 Å². The lowest BCUT2D eigenvalue weighted by Crippen LogP contribution is -2.39. The molecule has 0 spiro atoms. The predicted molar refractivity (Wildman–Crippen MR) is 73.2 cm³/mol. The molecule has 0 saturated heterocycles. The van der Waals surface area contributed by atoms with Gasteiger partial charge in [0.2, 0.25) is 0 Å². The highest BCUT2D eigenvalue weighted by Crippen LogP contribution is 2.08. The minimum Gasteiger partial charge on any atom is -0.305 e. The average Bonchev–Trinajstić information content (AvgIpc) is 2.46. The lowest BCUT2D eigenvalue weighted by atomic mass is 10.3. The van der Waals surface area contributed by atoms with Gasteiger partial charge in [0.15, 0.2) is 11.2 Å². The second kappa shape index (κ2) is 4.30. The Balaban J connectivity index is 2.60. The van der Waals surface area contributed by atoms with Crippen molar-refractivity contribution in [2.24, 2.45) is 7.05 Å². The molecular weight excluding hydrogens is 260 g/mol. The summed E-state index contributed by atoms with van der Waals surface area (Å²) in [5.74, 6) is 0. The summed E-state index contributed by atoms with van der Waals surface area (Å²) in [6.45, 7) is 0. The van der Waals surface area contributed by atoms with Crippen LogP contribution in [0.15, 0.2) is 50.9 Å². The number of benzene rings is 1. The summed E-state index contributed by atoms with van der Waals surface area (Å²) in [5.41, 5.74) is -0.894. The standard InChI is InChI=1S/C13H10N4O3/c1-16-12(19)10-11(15-9(18)7-14-10)17(13(16)20)8-5-3-2-4-6-8/h2-7H,1H3,(H,15,18). The van der Waals surface area contributed by atoms with Crippen molar-refractivity contribution in [2.45, 2.75) is 0 Å². The van der Waals surface area contributed by atoms with Crippen LogP contribution < -0.4 is 16.8 Å². The van der Waals surface area contributed by atoms with E-state index in [1.165, 1.54) is 11.6 Å². The van der Waals surface area contributed by atoms with Crippen LogP contribution in [-0.4, -0.2) is 19.1 Å². The minimum absolute atomic E-state index is 0.0375. The molecule has 0 bridgehead atoms. The number of H-pyrrole nitrogens is 1. The molecule has 0 amide bonds. The highest BCUT2D eigenvalue weighted by atomic mass is 16.2. The van der Waals surface area contributed by atoms with Gasteiger partial charge >= 0.3 is 5.69 Å². The van der Waals surface area contributed by atoms with Crippen LogP contribution in [0.4, 0.5) is 0 Å². The molecule has 0 fully saturated rings. The maximum atomic E-state index is 12.3. The van der Waals surface area contributed by atoms with Crippen molar-refractivity contribution >= 4 is 11.2 Å². The van der Waals surface area contributed by atoms with E-state index < -0.39 is 16.8 Å². The Hall–Kier alpha value is -2.96. The molecule has 0 atom stereocenters. The summed E-state index contributed by atoms with van der Waals surface area (Å²) in [7, 11) is 1.37. The third-order valence-electron chi connectivity index (χ3n) is 3.00. The van der Waals surface area contributed by atoms with Gasteiger partial charge in [-0.1, -0.05) is 18.2 Å². The Kier molecular flexibility index (Phi) is 2.60. The van der Waals surface area contributed by atoms with E-state index in [1.54, 1.807) is 30.3 Å². The molecule has 7 nitrogen and oxygen atoms in total. The normalized spacial score (nSPS) is 10.8. The van der Waals surface area contributed by atoms with Crippen molar-refractivity contribution in [2.75, 3.05) is 0 Å². The molecular formula is C13H10N4O3. The molecule has 2 aromatic heterocycles. The molecule has 0 radical (unpaired) electrons. The maximum Gasteiger partial charge on any atom is 0.337 e. The largest absolute Gasteiger partial charge is 0.337 e. The number of fused-ring (bicyclic) bond motifs is 1. The van der Waals surface area contributed by atoms with Crippen molar-refractivity contribution in [1.29, 1.82) is 0 Å². The van der Waals surface area contributed by atoms with Gasteiger partial charge in [0.1, 0.15) is 0 Å². The Morgan fingerprint density at radius 1 is 1.10 bits per heavy atom. The fourth-order valence-electron chi connectivity index (χ4n) is 2.02. The van der Waals surface area contributed by atoms with Crippen LogP contribution in [0.5, 0.6) is 0 Å². The molecule has 0 aliphatic heterocycles. The number of nitrogens with one attached hydrogen (secondary N) is 1. The van der Waals surface area contributed by atoms with Gasteiger partial charge in [-0.2, -0.15) is 0 Å². The number of hydrogen-bond acceptors (Lipinski definition) is 4. The van der Waals surface area contributed by atoms with Crippen LogP contribution in [0.2, 0.25) is 0 Å². The number of hydrogen-bond donors (Lipinski definition) is 1. The van der Waals surface area contributed by atoms with Crippen LogP contribution in [0.1, 0.15) is 0 Å². The number of aromatic amines is 1. The predicted octanol–water partition coefficient (Wildman–Crippen LogP) is -0.227.